The number of anilines is 1. The molecule has 2 aliphatic rings. The molecule has 2 amide bonds. The molecule has 9 heteroatoms. The Morgan fingerprint density at radius 3 is 2.62 bits per heavy atom. The smallest absolute Gasteiger partial charge is 0.243 e. The summed E-state index contributed by atoms with van der Waals surface area (Å²) in [6.07, 6.45) is 0.321. The first-order valence-corrected chi connectivity index (χ1v) is 10.4. The second kappa shape index (κ2) is 7.53. The van der Waals surface area contributed by atoms with Crippen molar-refractivity contribution < 1.29 is 27.5 Å². The number of likely N-dealkylation sites (N-methyl/N-ethyl adjacent to an activating group) is 1. The molecular weight excluding hydrogens is 360 g/mol. The van der Waals surface area contributed by atoms with E-state index in [0.29, 0.717) is 43.4 Å². The van der Waals surface area contributed by atoms with Crippen LogP contribution in [-0.4, -0.2) is 62.9 Å². The zero-order chi connectivity index (χ0) is 18.7. The normalized spacial score (nSPS) is 20.4. The van der Waals surface area contributed by atoms with Crippen LogP contribution in [0.2, 0.25) is 0 Å². The van der Waals surface area contributed by atoms with Crippen molar-refractivity contribution in [1.29, 1.82) is 0 Å². The second-order valence-electron chi connectivity index (χ2n) is 6.36. The number of nitrogens with one attached hydrogen (secondary N) is 1. The quantitative estimate of drug-likeness (QED) is 0.803. The Morgan fingerprint density at radius 1 is 1.23 bits per heavy atom. The van der Waals surface area contributed by atoms with Crippen molar-refractivity contribution in [2.75, 3.05) is 43.1 Å². The number of hydrogen-bond acceptors (Lipinski definition) is 6. The van der Waals surface area contributed by atoms with Gasteiger partial charge < -0.3 is 19.7 Å². The number of amides is 2. The van der Waals surface area contributed by atoms with Crippen LogP contribution in [0, 0.1) is 5.92 Å². The zero-order valence-corrected chi connectivity index (χ0v) is 15.4. The molecule has 0 spiro atoms. The number of benzene rings is 1. The highest BCUT2D eigenvalue weighted by Gasteiger charge is 2.35. The first kappa shape index (κ1) is 18.5. The van der Waals surface area contributed by atoms with E-state index in [2.05, 4.69) is 5.32 Å². The molecule has 0 saturated carbocycles. The van der Waals surface area contributed by atoms with Crippen LogP contribution in [0.5, 0.6) is 11.5 Å². The molecule has 2 heterocycles. The molecule has 142 valence electrons. The Morgan fingerprint density at radius 2 is 1.96 bits per heavy atom. The summed E-state index contributed by atoms with van der Waals surface area (Å²) >= 11 is 0. The lowest BCUT2D eigenvalue weighted by Crippen LogP contribution is -2.41. The van der Waals surface area contributed by atoms with Crippen LogP contribution in [0.3, 0.4) is 0 Å². The predicted molar refractivity (Wildman–Crippen MR) is 95.1 cm³/mol. The van der Waals surface area contributed by atoms with Crippen molar-refractivity contribution in [3.63, 3.8) is 0 Å². The minimum atomic E-state index is -3.14. The first-order valence-electron chi connectivity index (χ1n) is 8.56. The SMILES string of the molecule is CCN(CC(=O)Nc1ccc2c(c1)OCCO2)C(=O)[C@@H]1CCS(=O)(=O)C1. The molecule has 1 atom stereocenters. The molecule has 0 unspecified atom stereocenters. The highest BCUT2D eigenvalue weighted by atomic mass is 32.2. The minimum absolute atomic E-state index is 0.0321. The van der Waals surface area contributed by atoms with Crippen LogP contribution < -0.4 is 14.8 Å². The molecule has 1 saturated heterocycles. The number of carbonyl (C=O) groups is 2. The van der Waals surface area contributed by atoms with Gasteiger partial charge in [0.15, 0.2) is 21.3 Å². The standard InChI is InChI=1S/C17H22N2O6S/c1-2-19(17(21)12-5-8-26(22,23)11-12)10-16(20)18-13-3-4-14-15(9-13)25-7-6-24-14/h3-4,9,12H,2,5-8,10-11H2,1H3,(H,18,20)/t12-/m1/s1. The second-order valence-corrected chi connectivity index (χ2v) is 8.59. The average Bonchev–Trinajstić information content (AvgIpc) is 2.99. The van der Waals surface area contributed by atoms with Crippen molar-refractivity contribution in [1.82, 2.24) is 4.90 Å². The highest BCUT2D eigenvalue weighted by Crippen LogP contribution is 2.32. The van der Waals surface area contributed by atoms with E-state index >= 15 is 0 Å². The van der Waals surface area contributed by atoms with Gasteiger partial charge in [0.1, 0.15) is 13.2 Å². The largest absolute Gasteiger partial charge is 0.486 e. The van der Waals surface area contributed by atoms with Crippen molar-refractivity contribution in [3.05, 3.63) is 18.2 Å². The fourth-order valence-electron chi connectivity index (χ4n) is 3.09. The minimum Gasteiger partial charge on any atom is -0.486 e. The fraction of sp³-hybridized carbons (Fsp3) is 0.529. The van der Waals surface area contributed by atoms with Gasteiger partial charge in [-0.05, 0) is 25.5 Å². The monoisotopic (exact) mass is 382 g/mol. The van der Waals surface area contributed by atoms with Gasteiger partial charge in [-0.15, -0.1) is 0 Å². The molecule has 0 bridgehead atoms. The summed E-state index contributed by atoms with van der Waals surface area (Å²) in [6.45, 7) is 2.92. The summed E-state index contributed by atoms with van der Waals surface area (Å²) in [5, 5.41) is 2.73. The number of rotatable bonds is 5. The molecule has 1 N–H and O–H groups in total. The van der Waals surface area contributed by atoms with E-state index < -0.39 is 15.8 Å². The van der Waals surface area contributed by atoms with Gasteiger partial charge >= 0.3 is 0 Å². The zero-order valence-electron chi connectivity index (χ0n) is 14.6. The maximum absolute atomic E-state index is 12.5. The summed E-state index contributed by atoms with van der Waals surface area (Å²) in [6, 6.07) is 5.09. The lowest BCUT2D eigenvalue weighted by Gasteiger charge is -2.23. The first-order chi connectivity index (χ1) is 12.4. The van der Waals surface area contributed by atoms with Gasteiger partial charge in [-0.3, -0.25) is 9.59 Å². The van der Waals surface area contributed by atoms with Crippen LogP contribution in [0.4, 0.5) is 5.69 Å². The average molecular weight is 382 g/mol. The van der Waals surface area contributed by atoms with Crippen LogP contribution in [-0.2, 0) is 19.4 Å². The van der Waals surface area contributed by atoms with Gasteiger partial charge in [0.2, 0.25) is 11.8 Å². The summed E-state index contributed by atoms with van der Waals surface area (Å²) in [5.74, 6) is -0.0995. The molecule has 1 aromatic carbocycles. The van der Waals surface area contributed by atoms with E-state index in [1.807, 2.05) is 0 Å². The lowest BCUT2D eigenvalue weighted by atomic mass is 10.1. The summed E-state index contributed by atoms with van der Waals surface area (Å²) < 4.78 is 34.0. The Kier molecular flexibility index (Phi) is 5.36. The van der Waals surface area contributed by atoms with Crippen molar-refractivity contribution in [2.45, 2.75) is 13.3 Å². The summed E-state index contributed by atoms with van der Waals surface area (Å²) in [7, 11) is -3.14. The fourth-order valence-corrected chi connectivity index (χ4v) is 4.82. The van der Waals surface area contributed by atoms with Gasteiger partial charge in [-0.25, -0.2) is 8.42 Å². The Hall–Kier alpha value is -2.29. The van der Waals surface area contributed by atoms with Gasteiger partial charge in [-0.2, -0.15) is 0 Å². The number of nitrogens with zero attached hydrogens (tertiary/aromatic N) is 1. The highest BCUT2D eigenvalue weighted by molar-refractivity contribution is 7.91. The number of fused-ring (bicyclic) bond motifs is 1. The number of hydrogen-bond donors (Lipinski definition) is 1. The molecule has 2 aliphatic heterocycles. The number of carbonyl (C=O) groups excluding carboxylic acids is 2. The van der Waals surface area contributed by atoms with Crippen LogP contribution >= 0.6 is 0 Å². The van der Waals surface area contributed by atoms with Gasteiger partial charge in [0.25, 0.3) is 0 Å². The molecule has 0 aromatic heterocycles. The van der Waals surface area contributed by atoms with E-state index in [1.165, 1.54) is 4.90 Å². The van der Waals surface area contributed by atoms with Crippen LogP contribution in [0.1, 0.15) is 13.3 Å². The maximum atomic E-state index is 12.5. The summed E-state index contributed by atoms with van der Waals surface area (Å²) in [4.78, 5) is 26.2. The predicted octanol–water partition coefficient (Wildman–Crippen LogP) is 0.680. The molecule has 3 rings (SSSR count). The number of sulfone groups is 1. The van der Waals surface area contributed by atoms with E-state index in [4.69, 9.17) is 9.47 Å². The molecule has 26 heavy (non-hydrogen) atoms. The Balaban J connectivity index is 1.60. The Bertz CT molecular complexity index is 807. The lowest BCUT2D eigenvalue weighted by molar-refractivity contribution is -0.137. The molecule has 0 aliphatic carbocycles. The number of ether oxygens (including phenoxy) is 2. The molecular formula is C17H22N2O6S. The van der Waals surface area contributed by atoms with E-state index in [-0.39, 0.29) is 29.9 Å². The van der Waals surface area contributed by atoms with Crippen LogP contribution in [0.25, 0.3) is 0 Å². The third kappa shape index (κ3) is 4.27. The van der Waals surface area contributed by atoms with Gasteiger partial charge in [0.05, 0.1) is 24.0 Å². The van der Waals surface area contributed by atoms with E-state index in [1.54, 1.807) is 25.1 Å². The van der Waals surface area contributed by atoms with Crippen molar-refractivity contribution in [3.8, 4) is 11.5 Å². The molecule has 8 nitrogen and oxygen atoms in total. The third-order valence-corrected chi connectivity index (χ3v) is 6.20. The maximum Gasteiger partial charge on any atom is 0.243 e. The topological polar surface area (TPSA) is 102 Å². The van der Waals surface area contributed by atoms with Crippen molar-refractivity contribution in [2.24, 2.45) is 5.92 Å². The van der Waals surface area contributed by atoms with E-state index in [0.717, 1.165) is 0 Å². The molecule has 0 radical (unpaired) electrons. The third-order valence-electron chi connectivity index (χ3n) is 4.44. The Labute approximate surface area is 152 Å². The molecule has 1 fully saturated rings. The van der Waals surface area contributed by atoms with E-state index in [9.17, 15) is 18.0 Å². The van der Waals surface area contributed by atoms with Crippen molar-refractivity contribution >= 4 is 27.3 Å². The molecule has 1 aromatic rings. The van der Waals surface area contributed by atoms with Gasteiger partial charge in [0, 0.05) is 18.3 Å². The van der Waals surface area contributed by atoms with Gasteiger partial charge in [-0.1, -0.05) is 0 Å². The van der Waals surface area contributed by atoms with Crippen LogP contribution in [0.15, 0.2) is 18.2 Å². The summed E-state index contributed by atoms with van der Waals surface area (Å²) in [5.41, 5.74) is 0.547.